The third-order valence-electron chi connectivity index (χ3n) is 3.00. The molecule has 0 radical (unpaired) electrons. The van der Waals surface area contributed by atoms with E-state index in [1.54, 1.807) is 18.2 Å². The average Bonchev–Trinajstić information content (AvgIpc) is 2.40. The lowest BCUT2D eigenvalue weighted by atomic mass is 10.1. The first-order valence-electron chi connectivity index (χ1n) is 6.00. The minimum atomic E-state index is -0.209. The standard InChI is InChI=1S/C15H14Cl2FN/c1-10(12-6-2-3-8-14(12)18)19-9-11-5-4-7-13(16)15(11)17/h2-8,10,19H,9H2,1H3/t10-/m1/s1. The molecule has 1 nitrogen and oxygen atoms in total. The van der Waals surface area contributed by atoms with E-state index in [2.05, 4.69) is 5.32 Å². The van der Waals surface area contributed by atoms with Crippen LogP contribution in [0, 0.1) is 5.82 Å². The summed E-state index contributed by atoms with van der Waals surface area (Å²) in [7, 11) is 0. The number of rotatable bonds is 4. The molecule has 100 valence electrons. The summed E-state index contributed by atoms with van der Waals surface area (Å²) in [5.41, 5.74) is 1.54. The highest BCUT2D eigenvalue weighted by atomic mass is 35.5. The van der Waals surface area contributed by atoms with E-state index >= 15 is 0 Å². The highest BCUT2D eigenvalue weighted by Crippen LogP contribution is 2.26. The van der Waals surface area contributed by atoms with Crippen molar-refractivity contribution < 1.29 is 4.39 Å². The Bertz CT molecular complexity index is 572. The third-order valence-corrected chi connectivity index (χ3v) is 3.86. The van der Waals surface area contributed by atoms with E-state index in [1.165, 1.54) is 6.07 Å². The SMILES string of the molecule is C[C@@H](NCc1cccc(Cl)c1Cl)c1ccccc1F. The second kappa shape index (κ2) is 6.38. The fourth-order valence-corrected chi connectivity index (χ4v) is 2.27. The molecule has 19 heavy (non-hydrogen) atoms. The maximum atomic E-state index is 13.6. The molecule has 0 bridgehead atoms. The summed E-state index contributed by atoms with van der Waals surface area (Å²) in [5.74, 6) is -0.209. The molecule has 0 spiro atoms. The van der Waals surface area contributed by atoms with Gasteiger partial charge >= 0.3 is 0 Å². The van der Waals surface area contributed by atoms with Crippen molar-refractivity contribution in [3.8, 4) is 0 Å². The summed E-state index contributed by atoms with van der Waals surface area (Å²) in [5, 5.41) is 4.31. The molecule has 0 aliphatic heterocycles. The van der Waals surface area contributed by atoms with Crippen LogP contribution in [0.3, 0.4) is 0 Å². The Morgan fingerprint density at radius 1 is 1.11 bits per heavy atom. The van der Waals surface area contributed by atoms with Crippen LogP contribution >= 0.6 is 23.2 Å². The van der Waals surface area contributed by atoms with Gasteiger partial charge in [-0.25, -0.2) is 4.39 Å². The van der Waals surface area contributed by atoms with Crippen molar-refractivity contribution in [3.05, 3.63) is 69.5 Å². The molecule has 0 aliphatic rings. The molecule has 0 saturated carbocycles. The predicted molar refractivity (Wildman–Crippen MR) is 78.1 cm³/mol. The Balaban J connectivity index is 2.07. The van der Waals surface area contributed by atoms with E-state index < -0.39 is 0 Å². The monoisotopic (exact) mass is 297 g/mol. The van der Waals surface area contributed by atoms with Crippen molar-refractivity contribution in [2.75, 3.05) is 0 Å². The zero-order valence-electron chi connectivity index (χ0n) is 10.5. The number of benzene rings is 2. The van der Waals surface area contributed by atoms with Gasteiger partial charge in [-0.15, -0.1) is 0 Å². The van der Waals surface area contributed by atoms with E-state index in [-0.39, 0.29) is 11.9 Å². The van der Waals surface area contributed by atoms with E-state index in [9.17, 15) is 4.39 Å². The fourth-order valence-electron chi connectivity index (χ4n) is 1.88. The van der Waals surface area contributed by atoms with Gasteiger partial charge in [-0.3, -0.25) is 0 Å². The van der Waals surface area contributed by atoms with Gasteiger partial charge in [0.2, 0.25) is 0 Å². The minimum absolute atomic E-state index is 0.101. The number of hydrogen-bond acceptors (Lipinski definition) is 1. The molecule has 0 saturated heterocycles. The summed E-state index contributed by atoms with van der Waals surface area (Å²) < 4.78 is 13.6. The van der Waals surface area contributed by atoms with Crippen LogP contribution in [0.5, 0.6) is 0 Å². The van der Waals surface area contributed by atoms with Crippen molar-refractivity contribution in [1.82, 2.24) is 5.32 Å². The number of nitrogens with one attached hydrogen (secondary N) is 1. The van der Waals surface area contributed by atoms with Gasteiger partial charge in [0.1, 0.15) is 5.82 Å². The molecule has 0 aromatic heterocycles. The van der Waals surface area contributed by atoms with Crippen LogP contribution in [0.2, 0.25) is 10.0 Å². The van der Waals surface area contributed by atoms with Crippen LogP contribution in [-0.4, -0.2) is 0 Å². The van der Waals surface area contributed by atoms with E-state index in [4.69, 9.17) is 23.2 Å². The lowest BCUT2D eigenvalue weighted by Crippen LogP contribution is -2.19. The highest BCUT2D eigenvalue weighted by Gasteiger charge is 2.11. The molecule has 0 fully saturated rings. The molecule has 1 N–H and O–H groups in total. The van der Waals surface area contributed by atoms with Crippen molar-refractivity contribution in [2.45, 2.75) is 19.5 Å². The van der Waals surface area contributed by atoms with Crippen LogP contribution < -0.4 is 5.32 Å². The quantitative estimate of drug-likeness (QED) is 0.839. The zero-order valence-corrected chi connectivity index (χ0v) is 12.0. The topological polar surface area (TPSA) is 12.0 Å². The van der Waals surface area contributed by atoms with Gasteiger partial charge in [0.15, 0.2) is 0 Å². The summed E-state index contributed by atoms with van der Waals surface area (Å²) >= 11 is 12.1. The molecular weight excluding hydrogens is 284 g/mol. The average molecular weight is 298 g/mol. The first kappa shape index (κ1) is 14.3. The van der Waals surface area contributed by atoms with Crippen molar-refractivity contribution in [1.29, 1.82) is 0 Å². The van der Waals surface area contributed by atoms with Crippen molar-refractivity contribution >= 4 is 23.2 Å². The van der Waals surface area contributed by atoms with Crippen LogP contribution in [0.25, 0.3) is 0 Å². The summed E-state index contributed by atoms with van der Waals surface area (Å²) in [6.07, 6.45) is 0. The molecule has 0 amide bonds. The largest absolute Gasteiger partial charge is 0.306 e. The van der Waals surface area contributed by atoms with E-state index in [0.29, 0.717) is 22.2 Å². The molecular formula is C15H14Cl2FN. The molecule has 0 aliphatic carbocycles. The Morgan fingerprint density at radius 3 is 2.58 bits per heavy atom. The van der Waals surface area contributed by atoms with Crippen LogP contribution in [0.15, 0.2) is 42.5 Å². The fraction of sp³-hybridized carbons (Fsp3) is 0.200. The van der Waals surface area contributed by atoms with Crippen molar-refractivity contribution in [3.63, 3.8) is 0 Å². The molecule has 2 aromatic rings. The Morgan fingerprint density at radius 2 is 1.84 bits per heavy atom. The molecule has 2 rings (SSSR count). The molecule has 2 aromatic carbocycles. The Hall–Kier alpha value is -1.09. The molecule has 1 atom stereocenters. The minimum Gasteiger partial charge on any atom is -0.306 e. The van der Waals surface area contributed by atoms with Gasteiger partial charge in [-0.05, 0) is 24.6 Å². The molecule has 0 heterocycles. The summed E-state index contributed by atoms with van der Waals surface area (Å²) in [6, 6.07) is 12.1. The van der Waals surface area contributed by atoms with Gasteiger partial charge < -0.3 is 5.32 Å². The van der Waals surface area contributed by atoms with Gasteiger partial charge in [-0.2, -0.15) is 0 Å². The predicted octanol–water partition coefficient (Wildman–Crippen LogP) is 4.98. The molecule has 4 heteroatoms. The van der Waals surface area contributed by atoms with Gasteiger partial charge in [0.25, 0.3) is 0 Å². The van der Waals surface area contributed by atoms with Crippen LogP contribution in [-0.2, 0) is 6.54 Å². The number of halogens is 3. The second-order valence-corrected chi connectivity index (χ2v) is 5.12. The zero-order chi connectivity index (χ0) is 13.8. The molecule has 0 unspecified atom stereocenters. The lowest BCUT2D eigenvalue weighted by molar-refractivity contribution is 0.528. The second-order valence-electron chi connectivity index (χ2n) is 4.34. The highest BCUT2D eigenvalue weighted by molar-refractivity contribution is 6.42. The third kappa shape index (κ3) is 3.47. The van der Waals surface area contributed by atoms with E-state index in [1.807, 2.05) is 25.1 Å². The van der Waals surface area contributed by atoms with Gasteiger partial charge in [-0.1, -0.05) is 53.5 Å². The number of hydrogen-bond donors (Lipinski definition) is 1. The summed E-state index contributed by atoms with van der Waals surface area (Å²) in [6.45, 7) is 2.45. The summed E-state index contributed by atoms with van der Waals surface area (Å²) in [4.78, 5) is 0. The normalized spacial score (nSPS) is 12.4. The van der Waals surface area contributed by atoms with Crippen molar-refractivity contribution in [2.24, 2.45) is 0 Å². The first-order chi connectivity index (χ1) is 9.09. The van der Waals surface area contributed by atoms with Crippen LogP contribution in [0.1, 0.15) is 24.1 Å². The smallest absolute Gasteiger partial charge is 0.127 e. The lowest BCUT2D eigenvalue weighted by Gasteiger charge is -2.15. The van der Waals surface area contributed by atoms with E-state index in [0.717, 1.165) is 5.56 Å². The Labute approximate surface area is 122 Å². The maximum absolute atomic E-state index is 13.6. The first-order valence-corrected chi connectivity index (χ1v) is 6.76. The van der Waals surface area contributed by atoms with Gasteiger partial charge in [0.05, 0.1) is 10.0 Å². The Kier molecular flexibility index (Phi) is 4.81. The van der Waals surface area contributed by atoms with Gasteiger partial charge in [0, 0.05) is 18.2 Å². The maximum Gasteiger partial charge on any atom is 0.127 e. The van der Waals surface area contributed by atoms with Crippen LogP contribution in [0.4, 0.5) is 4.39 Å².